The number of fused-ring (bicyclic) bond motifs is 9. The number of benzene rings is 8. The Morgan fingerprint density at radius 2 is 1.04 bits per heavy atom. The zero-order chi connectivity index (χ0) is 37.5. The molecule has 6 heteroatoms. The molecule has 266 valence electrons. The number of rotatable bonds is 5. The maximum absolute atomic E-state index is 6.30. The van der Waals surface area contributed by atoms with Gasteiger partial charge in [-0.25, -0.2) is 15.0 Å². The number of para-hydroxylation sites is 2. The minimum absolute atomic E-state index is 0.603. The van der Waals surface area contributed by atoms with Crippen molar-refractivity contribution >= 4 is 75.3 Å². The lowest BCUT2D eigenvalue weighted by Crippen LogP contribution is -2.01. The zero-order valence-electron chi connectivity index (χ0n) is 30.4. The van der Waals surface area contributed by atoms with Gasteiger partial charge in [-0.1, -0.05) is 115 Å². The van der Waals surface area contributed by atoms with Gasteiger partial charge in [-0.15, -0.1) is 11.3 Å². The summed E-state index contributed by atoms with van der Waals surface area (Å²) in [6.45, 7) is 0. The Morgan fingerprint density at radius 1 is 0.404 bits per heavy atom. The van der Waals surface area contributed by atoms with Crippen molar-refractivity contribution in [1.82, 2.24) is 19.5 Å². The van der Waals surface area contributed by atoms with Gasteiger partial charge >= 0.3 is 0 Å². The second-order valence-electron chi connectivity index (χ2n) is 14.4. The Kier molecular flexibility index (Phi) is 7.03. The van der Waals surface area contributed by atoms with E-state index in [1.807, 2.05) is 30.3 Å². The summed E-state index contributed by atoms with van der Waals surface area (Å²) in [4.78, 5) is 15.7. The van der Waals surface area contributed by atoms with E-state index in [0.29, 0.717) is 17.5 Å². The number of aromatic nitrogens is 4. The first-order valence-corrected chi connectivity index (χ1v) is 19.8. The molecule has 4 aromatic heterocycles. The second kappa shape index (κ2) is 12.6. The minimum Gasteiger partial charge on any atom is -0.456 e. The van der Waals surface area contributed by atoms with E-state index in [1.54, 1.807) is 11.3 Å². The summed E-state index contributed by atoms with van der Waals surface area (Å²) in [6.07, 6.45) is 0. The van der Waals surface area contributed by atoms with Crippen molar-refractivity contribution in [1.29, 1.82) is 0 Å². The van der Waals surface area contributed by atoms with E-state index in [0.717, 1.165) is 60.0 Å². The topological polar surface area (TPSA) is 56.7 Å². The summed E-state index contributed by atoms with van der Waals surface area (Å²) >= 11 is 1.78. The predicted octanol–water partition coefficient (Wildman–Crippen LogP) is 13.9. The van der Waals surface area contributed by atoms with Crippen LogP contribution in [0.3, 0.4) is 0 Å². The highest BCUT2D eigenvalue weighted by molar-refractivity contribution is 7.26. The molecule has 0 amide bonds. The SMILES string of the molecule is c1ccc(-c2ccc3c(c2)c2ccccc2n3-c2ccc(-c3nc(-c4cccc5c4sc4ccccc45)nc(-c4cccc5oc6ccccc6c45)n3)cc2)cc1. The molecule has 57 heavy (non-hydrogen) atoms. The Bertz CT molecular complexity index is 3520. The van der Waals surface area contributed by atoms with Gasteiger partial charge in [-0.3, -0.25) is 0 Å². The summed E-state index contributed by atoms with van der Waals surface area (Å²) in [5.41, 5.74) is 10.2. The van der Waals surface area contributed by atoms with Crippen LogP contribution < -0.4 is 0 Å². The summed E-state index contributed by atoms with van der Waals surface area (Å²) in [5.74, 6) is 1.85. The largest absolute Gasteiger partial charge is 0.456 e. The maximum atomic E-state index is 6.30. The summed E-state index contributed by atoms with van der Waals surface area (Å²) < 4.78 is 11.0. The Morgan fingerprint density at radius 3 is 1.91 bits per heavy atom. The lowest BCUT2D eigenvalue weighted by atomic mass is 10.0. The molecule has 0 saturated carbocycles. The number of furan rings is 1. The first-order chi connectivity index (χ1) is 28.2. The molecule has 12 aromatic rings. The van der Waals surface area contributed by atoms with Crippen LogP contribution in [0, 0.1) is 0 Å². The van der Waals surface area contributed by atoms with Gasteiger partial charge in [0, 0.05) is 64.1 Å². The number of hydrogen-bond acceptors (Lipinski definition) is 5. The molecule has 4 heterocycles. The number of nitrogens with zero attached hydrogens (tertiary/aromatic N) is 4. The highest BCUT2D eigenvalue weighted by Crippen LogP contribution is 2.41. The van der Waals surface area contributed by atoms with E-state index in [9.17, 15) is 0 Å². The quantitative estimate of drug-likeness (QED) is 0.176. The molecule has 0 aliphatic carbocycles. The molecule has 0 saturated heterocycles. The van der Waals surface area contributed by atoms with Gasteiger partial charge in [0.15, 0.2) is 17.5 Å². The third-order valence-corrected chi connectivity index (χ3v) is 12.3. The number of thiophene rings is 1. The highest BCUT2D eigenvalue weighted by Gasteiger charge is 2.20. The fourth-order valence-electron chi connectivity index (χ4n) is 8.45. The molecule has 0 N–H and O–H groups in total. The first-order valence-electron chi connectivity index (χ1n) is 19.0. The molecule has 0 spiro atoms. The van der Waals surface area contributed by atoms with Crippen LogP contribution in [0.5, 0.6) is 0 Å². The lowest BCUT2D eigenvalue weighted by molar-refractivity contribution is 0.669. The van der Waals surface area contributed by atoms with Gasteiger partial charge in [0.1, 0.15) is 11.2 Å². The molecule has 0 atom stereocenters. The highest BCUT2D eigenvalue weighted by atomic mass is 32.1. The maximum Gasteiger partial charge on any atom is 0.165 e. The van der Waals surface area contributed by atoms with Gasteiger partial charge in [-0.05, 0) is 77.9 Å². The molecular formula is C51H30N4OS. The van der Waals surface area contributed by atoms with Crippen molar-refractivity contribution in [3.05, 3.63) is 182 Å². The summed E-state index contributed by atoms with van der Waals surface area (Å²) in [6, 6.07) is 63.8. The van der Waals surface area contributed by atoms with Crippen LogP contribution in [0.4, 0.5) is 0 Å². The molecule has 0 fully saturated rings. The standard InChI is InChI=1S/C51H30N4OS/c1-2-12-31(13-3-1)33-26-29-43-41(30-33)35-14-4-7-20-42(35)55(43)34-27-24-32(25-28-34)49-52-50(39-18-11-22-45-47(39)38-16-5-8-21-44(38)56-45)54-51(53-49)40-19-10-17-37-36-15-6-9-23-46(36)57-48(37)40/h1-30H. The van der Waals surface area contributed by atoms with Crippen LogP contribution >= 0.6 is 11.3 Å². The van der Waals surface area contributed by atoms with E-state index in [2.05, 4.69) is 156 Å². The average Bonchev–Trinajstić information content (AvgIpc) is 3.96. The van der Waals surface area contributed by atoms with Crippen LogP contribution in [0.25, 0.3) is 115 Å². The predicted molar refractivity (Wildman–Crippen MR) is 236 cm³/mol. The van der Waals surface area contributed by atoms with E-state index in [1.165, 1.54) is 37.4 Å². The number of hydrogen-bond donors (Lipinski definition) is 0. The average molecular weight is 747 g/mol. The molecule has 8 aromatic carbocycles. The molecule has 12 rings (SSSR count). The van der Waals surface area contributed by atoms with Crippen LogP contribution in [0.2, 0.25) is 0 Å². The fourth-order valence-corrected chi connectivity index (χ4v) is 9.66. The van der Waals surface area contributed by atoms with E-state index < -0.39 is 0 Å². The lowest BCUT2D eigenvalue weighted by Gasteiger charge is -2.11. The Hall–Kier alpha value is -7.41. The van der Waals surface area contributed by atoms with Gasteiger partial charge in [0.25, 0.3) is 0 Å². The molecular weight excluding hydrogens is 717 g/mol. The molecule has 0 aliphatic heterocycles. The molecule has 0 aliphatic rings. The molecule has 5 nitrogen and oxygen atoms in total. The Labute approximate surface area is 330 Å². The van der Waals surface area contributed by atoms with Crippen LogP contribution in [-0.2, 0) is 0 Å². The third kappa shape index (κ3) is 5.04. The first kappa shape index (κ1) is 31.9. The second-order valence-corrected chi connectivity index (χ2v) is 15.4. The summed E-state index contributed by atoms with van der Waals surface area (Å²) in [5, 5.41) is 6.90. The molecule has 0 unspecified atom stereocenters. The molecule has 0 radical (unpaired) electrons. The van der Waals surface area contributed by atoms with Crippen molar-refractivity contribution in [3.8, 4) is 51.0 Å². The van der Waals surface area contributed by atoms with Gasteiger partial charge in [0.05, 0.1) is 11.0 Å². The summed E-state index contributed by atoms with van der Waals surface area (Å²) in [7, 11) is 0. The zero-order valence-corrected chi connectivity index (χ0v) is 31.2. The van der Waals surface area contributed by atoms with Gasteiger partial charge in [-0.2, -0.15) is 0 Å². The van der Waals surface area contributed by atoms with Crippen LogP contribution in [-0.4, -0.2) is 19.5 Å². The normalized spacial score (nSPS) is 11.9. The van der Waals surface area contributed by atoms with Gasteiger partial charge < -0.3 is 8.98 Å². The smallest absolute Gasteiger partial charge is 0.165 e. The monoisotopic (exact) mass is 746 g/mol. The Balaban J connectivity index is 1.04. The van der Waals surface area contributed by atoms with Gasteiger partial charge in [0.2, 0.25) is 0 Å². The van der Waals surface area contributed by atoms with Crippen molar-refractivity contribution < 1.29 is 4.42 Å². The van der Waals surface area contributed by atoms with Crippen LogP contribution in [0.1, 0.15) is 0 Å². The van der Waals surface area contributed by atoms with E-state index >= 15 is 0 Å². The van der Waals surface area contributed by atoms with Crippen LogP contribution in [0.15, 0.2) is 186 Å². The molecule has 0 bridgehead atoms. The van der Waals surface area contributed by atoms with Crippen molar-refractivity contribution in [2.24, 2.45) is 0 Å². The van der Waals surface area contributed by atoms with Crippen molar-refractivity contribution in [3.63, 3.8) is 0 Å². The van der Waals surface area contributed by atoms with Crippen molar-refractivity contribution in [2.75, 3.05) is 0 Å². The fraction of sp³-hybridized carbons (Fsp3) is 0. The van der Waals surface area contributed by atoms with E-state index in [-0.39, 0.29) is 0 Å². The third-order valence-electron chi connectivity index (χ3n) is 11.1. The minimum atomic E-state index is 0.603. The van der Waals surface area contributed by atoms with E-state index in [4.69, 9.17) is 19.4 Å². The van der Waals surface area contributed by atoms with Crippen molar-refractivity contribution in [2.45, 2.75) is 0 Å².